The second-order valence-corrected chi connectivity index (χ2v) is 9.91. The number of carbonyl (C=O) groups is 1. The van der Waals surface area contributed by atoms with Gasteiger partial charge in [0.25, 0.3) is 0 Å². The van der Waals surface area contributed by atoms with Crippen molar-refractivity contribution in [2.75, 3.05) is 19.3 Å². The maximum Gasteiger partial charge on any atom is 0.243 e. The third-order valence-electron chi connectivity index (χ3n) is 4.02. The number of thioether (sulfide) groups is 1. The van der Waals surface area contributed by atoms with Gasteiger partial charge in [0.05, 0.1) is 4.90 Å². The molecule has 1 aliphatic heterocycles. The Morgan fingerprint density at radius 2 is 1.71 bits per heavy atom. The highest BCUT2D eigenvalue weighted by Crippen LogP contribution is 2.25. The molecule has 1 amide bonds. The van der Waals surface area contributed by atoms with Gasteiger partial charge in [-0.3, -0.25) is 4.79 Å². The standard InChI is InChI=1S/C17H26N2O3S2/c1-17(2,3)18-16(20)13-9-11-19(12-10-13)24(21,22)15-7-5-14(23-4)6-8-15/h5-8,13H,9-12H2,1-4H3,(H,18,20). The van der Waals surface area contributed by atoms with Crippen molar-refractivity contribution < 1.29 is 13.2 Å². The SMILES string of the molecule is CSc1ccc(S(=O)(=O)N2CCC(C(=O)NC(C)(C)C)CC2)cc1. The molecule has 0 aromatic heterocycles. The normalized spacial score (nSPS) is 17.7. The number of hydrogen-bond donors (Lipinski definition) is 1. The highest BCUT2D eigenvalue weighted by atomic mass is 32.2. The summed E-state index contributed by atoms with van der Waals surface area (Å²) in [5, 5.41) is 2.98. The van der Waals surface area contributed by atoms with Gasteiger partial charge in [-0.05, 0) is 64.1 Å². The van der Waals surface area contributed by atoms with Crippen LogP contribution in [0.1, 0.15) is 33.6 Å². The molecular weight excluding hydrogens is 344 g/mol. The molecule has 1 aromatic carbocycles. The fourth-order valence-corrected chi connectivity index (χ4v) is 4.60. The van der Waals surface area contributed by atoms with Gasteiger partial charge in [0.2, 0.25) is 15.9 Å². The first kappa shape index (κ1) is 19.3. The van der Waals surface area contributed by atoms with E-state index in [9.17, 15) is 13.2 Å². The van der Waals surface area contributed by atoms with Crippen LogP contribution < -0.4 is 5.32 Å². The van der Waals surface area contributed by atoms with E-state index in [1.807, 2.05) is 39.2 Å². The van der Waals surface area contributed by atoms with Crippen LogP contribution in [0.25, 0.3) is 0 Å². The zero-order chi connectivity index (χ0) is 18.0. The molecule has 2 rings (SSSR count). The zero-order valence-electron chi connectivity index (χ0n) is 14.7. The third-order valence-corrected chi connectivity index (χ3v) is 6.68. The van der Waals surface area contributed by atoms with Gasteiger partial charge in [-0.25, -0.2) is 8.42 Å². The lowest BCUT2D eigenvalue weighted by molar-refractivity contribution is -0.127. The van der Waals surface area contributed by atoms with Gasteiger partial charge in [-0.15, -0.1) is 11.8 Å². The lowest BCUT2D eigenvalue weighted by Gasteiger charge is -2.32. The average Bonchev–Trinajstić information content (AvgIpc) is 2.53. The van der Waals surface area contributed by atoms with Crippen molar-refractivity contribution in [1.82, 2.24) is 9.62 Å². The van der Waals surface area contributed by atoms with E-state index in [2.05, 4.69) is 5.32 Å². The highest BCUT2D eigenvalue weighted by Gasteiger charge is 2.32. The fraction of sp³-hybridized carbons (Fsp3) is 0.588. The summed E-state index contributed by atoms with van der Waals surface area (Å²) in [6.45, 7) is 6.61. The van der Waals surface area contributed by atoms with Crippen molar-refractivity contribution in [3.05, 3.63) is 24.3 Å². The molecule has 0 aliphatic carbocycles. The first-order chi connectivity index (χ1) is 11.1. The lowest BCUT2D eigenvalue weighted by Crippen LogP contribution is -2.47. The van der Waals surface area contributed by atoms with Gasteiger partial charge in [0.15, 0.2) is 0 Å². The number of hydrogen-bond acceptors (Lipinski definition) is 4. The van der Waals surface area contributed by atoms with Crippen LogP contribution in [0.4, 0.5) is 0 Å². The summed E-state index contributed by atoms with van der Waals surface area (Å²) in [5.74, 6) is -0.0987. The van der Waals surface area contributed by atoms with Crippen molar-refractivity contribution >= 4 is 27.7 Å². The largest absolute Gasteiger partial charge is 0.351 e. The topological polar surface area (TPSA) is 66.5 Å². The molecule has 7 heteroatoms. The molecular formula is C17H26N2O3S2. The van der Waals surface area contributed by atoms with Gasteiger partial charge < -0.3 is 5.32 Å². The van der Waals surface area contributed by atoms with Crippen LogP contribution in [0, 0.1) is 5.92 Å². The minimum Gasteiger partial charge on any atom is -0.351 e. The Morgan fingerprint density at radius 3 is 2.17 bits per heavy atom. The van der Waals surface area contributed by atoms with Crippen LogP contribution >= 0.6 is 11.8 Å². The average molecular weight is 371 g/mol. The van der Waals surface area contributed by atoms with Crippen molar-refractivity contribution in [3.8, 4) is 0 Å². The van der Waals surface area contributed by atoms with Gasteiger partial charge in [0.1, 0.15) is 0 Å². The number of piperidine rings is 1. The van der Waals surface area contributed by atoms with Crippen molar-refractivity contribution in [2.45, 2.75) is 48.9 Å². The molecule has 5 nitrogen and oxygen atoms in total. The summed E-state index contributed by atoms with van der Waals surface area (Å²) in [6.07, 6.45) is 3.07. The summed E-state index contributed by atoms with van der Waals surface area (Å²) >= 11 is 1.58. The van der Waals surface area contributed by atoms with Crippen LogP contribution in [0.2, 0.25) is 0 Å². The van der Waals surface area contributed by atoms with E-state index in [4.69, 9.17) is 0 Å². The minimum absolute atomic E-state index is 0.0175. The van der Waals surface area contributed by atoms with Gasteiger partial charge in [-0.1, -0.05) is 0 Å². The number of benzene rings is 1. The predicted octanol–water partition coefficient (Wildman–Crippen LogP) is 2.72. The Hall–Kier alpha value is -1.05. The van der Waals surface area contributed by atoms with E-state index in [0.717, 1.165) is 4.90 Å². The molecule has 1 fully saturated rings. The van der Waals surface area contributed by atoms with Crippen molar-refractivity contribution in [1.29, 1.82) is 0 Å². The van der Waals surface area contributed by atoms with Crippen LogP contribution in [-0.2, 0) is 14.8 Å². The molecule has 0 radical (unpaired) electrons. The second-order valence-electron chi connectivity index (χ2n) is 7.09. The zero-order valence-corrected chi connectivity index (χ0v) is 16.3. The Labute approximate surface area is 149 Å². The summed E-state index contributed by atoms with van der Waals surface area (Å²) < 4.78 is 26.9. The molecule has 0 unspecified atom stereocenters. The predicted molar refractivity (Wildman–Crippen MR) is 97.6 cm³/mol. The molecule has 0 bridgehead atoms. The first-order valence-corrected chi connectivity index (χ1v) is 10.8. The monoisotopic (exact) mass is 370 g/mol. The molecule has 1 aliphatic rings. The summed E-state index contributed by atoms with van der Waals surface area (Å²) in [5.41, 5.74) is -0.265. The smallest absolute Gasteiger partial charge is 0.243 e. The number of rotatable bonds is 4. The van der Waals surface area contributed by atoms with E-state index in [1.54, 1.807) is 23.9 Å². The third kappa shape index (κ3) is 4.74. The number of nitrogens with one attached hydrogen (secondary N) is 1. The summed E-state index contributed by atoms with van der Waals surface area (Å²) in [7, 11) is -3.48. The maximum absolute atomic E-state index is 12.7. The Bertz CT molecular complexity index is 671. The van der Waals surface area contributed by atoms with E-state index in [1.165, 1.54) is 4.31 Å². The van der Waals surface area contributed by atoms with Gasteiger partial charge in [-0.2, -0.15) is 4.31 Å². The molecule has 1 aromatic rings. The van der Waals surface area contributed by atoms with Crippen LogP contribution in [-0.4, -0.2) is 43.5 Å². The summed E-state index contributed by atoms with van der Waals surface area (Å²) in [6, 6.07) is 6.95. The number of sulfonamides is 1. The van der Waals surface area contributed by atoms with Crippen molar-refractivity contribution in [3.63, 3.8) is 0 Å². The molecule has 1 heterocycles. The van der Waals surface area contributed by atoms with E-state index in [0.29, 0.717) is 30.8 Å². The Kier molecular flexibility index (Phi) is 5.99. The molecule has 24 heavy (non-hydrogen) atoms. The first-order valence-electron chi connectivity index (χ1n) is 8.10. The minimum atomic E-state index is -3.48. The number of carbonyl (C=O) groups excluding carboxylic acids is 1. The molecule has 1 N–H and O–H groups in total. The second kappa shape index (κ2) is 7.45. The Morgan fingerprint density at radius 1 is 1.17 bits per heavy atom. The lowest BCUT2D eigenvalue weighted by atomic mass is 9.96. The number of amides is 1. The molecule has 0 spiro atoms. The van der Waals surface area contributed by atoms with Crippen LogP contribution in [0.15, 0.2) is 34.1 Å². The van der Waals surface area contributed by atoms with E-state index < -0.39 is 10.0 Å². The van der Waals surface area contributed by atoms with Crippen LogP contribution in [0.3, 0.4) is 0 Å². The van der Waals surface area contributed by atoms with E-state index >= 15 is 0 Å². The quantitative estimate of drug-likeness (QED) is 0.828. The molecule has 134 valence electrons. The Balaban J connectivity index is 2.01. The molecule has 0 saturated carbocycles. The summed E-state index contributed by atoms with van der Waals surface area (Å²) in [4.78, 5) is 13.6. The molecule has 1 saturated heterocycles. The maximum atomic E-state index is 12.7. The fourth-order valence-electron chi connectivity index (χ4n) is 2.73. The van der Waals surface area contributed by atoms with E-state index in [-0.39, 0.29) is 17.4 Å². The van der Waals surface area contributed by atoms with Crippen molar-refractivity contribution in [2.24, 2.45) is 5.92 Å². The van der Waals surface area contributed by atoms with Gasteiger partial charge in [0, 0.05) is 29.4 Å². The van der Waals surface area contributed by atoms with Crippen LogP contribution in [0.5, 0.6) is 0 Å². The van der Waals surface area contributed by atoms with Gasteiger partial charge >= 0.3 is 0 Å². The molecule has 0 atom stereocenters. The highest BCUT2D eigenvalue weighted by molar-refractivity contribution is 7.98. The number of nitrogens with zero attached hydrogens (tertiary/aromatic N) is 1.